The van der Waals surface area contributed by atoms with Crippen LogP contribution in [0.15, 0.2) is 30.3 Å². The average molecular weight is 292 g/mol. The van der Waals surface area contributed by atoms with E-state index in [9.17, 15) is 0 Å². The molecule has 3 saturated heterocycles. The molecule has 1 aromatic rings. The Morgan fingerprint density at radius 1 is 1.14 bits per heavy atom. The molecule has 3 fully saturated rings. The summed E-state index contributed by atoms with van der Waals surface area (Å²) in [6.07, 6.45) is -0.733. The molecule has 1 aromatic carbocycles. The molecule has 0 saturated carbocycles. The molecule has 0 N–H and O–H groups in total. The van der Waals surface area contributed by atoms with Crippen LogP contribution < -0.4 is 0 Å². The van der Waals surface area contributed by atoms with Crippen molar-refractivity contribution in [3.8, 4) is 0 Å². The maximum atomic E-state index is 6.10. The van der Waals surface area contributed by atoms with Crippen LogP contribution in [-0.2, 0) is 30.3 Å². The molecule has 5 unspecified atom stereocenters. The van der Waals surface area contributed by atoms with Crippen LogP contribution in [0, 0.1) is 0 Å². The number of rotatable bonds is 4. The van der Waals surface area contributed by atoms with E-state index in [-0.39, 0.29) is 30.7 Å². The van der Waals surface area contributed by atoms with Gasteiger partial charge in [-0.05, 0) is 19.4 Å². The summed E-state index contributed by atoms with van der Waals surface area (Å²) in [5.41, 5.74) is 1.13. The first-order chi connectivity index (χ1) is 10.1. The lowest BCUT2D eigenvalue weighted by molar-refractivity contribution is -0.221. The van der Waals surface area contributed by atoms with E-state index in [0.717, 1.165) is 12.2 Å². The Kier molecular flexibility index (Phi) is 3.28. The fourth-order valence-electron chi connectivity index (χ4n) is 3.01. The van der Waals surface area contributed by atoms with Crippen LogP contribution in [-0.4, -0.2) is 43.1 Å². The molecule has 114 valence electrons. The molecule has 5 atom stereocenters. The Bertz CT molecular complexity index is 499. The molecule has 4 rings (SSSR count). The van der Waals surface area contributed by atoms with E-state index in [4.69, 9.17) is 23.7 Å². The first kappa shape index (κ1) is 13.7. The molecule has 0 radical (unpaired) electrons. The molecule has 3 aliphatic rings. The van der Waals surface area contributed by atoms with Crippen molar-refractivity contribution in [3.63, 3.8) is 0 Å². The smallest absolute Gasteiger partial charge is 0.190 e. The van der Waals surface area contributed by atoms with E-state index in [1.165, 1.54) is 0 Å². The Morgan fingerprint density at radius 3 is 2.62 bits per heavy atom. The molecule has 3 aliphatic heterocycles. The van der Waals surface area contributed by atoms with Gasteiger partial charge in [0.1, 0.15) is 24.4 Å². The van der Waals surface area contributed by atoms with Crippen LogP contribution in [0.2, 0.25) is 0 Å². The van der Waals surface area contributed by atoms with Crippen LogP contribution in [0.3, 0.4) is 0 Å². The van der Waals surface area contributed by atoms with Crippen molar-refractivity contribution in [1.82, 2.24) is 0 Å². The summed E-state index contributed by atoms with van der Waals surface area (Å²) >= 11 is 0. The van der Waals surface area contributed by atoms with Crippen molar-refractivity contribution in [2.75, 3.05) is 6.61 Å². The van der Waals surface area contributed by atoms with Crippen molar-refractivity contribution in [2.24, 2.45) is 0 Å². The Balaban J connectivity index is 1.47. The zero-order valence-electron chi connectivity index (χ0n) is 12.2. The van der Waals surface area contributed by atoms with E-state index in [2.05, 4.69) is 0 Å². The van der Waals surface area contributed by atoms with E-state index in [1.807, 2.05) is 44.2 Å². The number of hydrogen-bond donors (Lipinski definition) is 0. The van der Waals surface area contributed by atoms with Gasteiger partial charge in [0, 0.05) is 0 Å². The molecule has 5 nitrogen and oxygen atoms in total. The molecule has 5 heteroatoms. The summed E-state index contributed by atoms with van der Waals surface area (Å²) in [5.74, 6) is -0.626. The minimum absolute atomic E-state index is 0.103. The monoisotopic (exact) mass is 292 g/mol. The van der Waals surface area contributed by atoms with Gasteiger partial charge < -0.3 is 23.7 Å². The molecular weight excluding hydrogens is 272 g/mol. The summed E-state index contributed by atoms with van der Waals surface area (Å²) < 4.78 is 29.2. The van der Waals surface area contributed by atoms with Crippen LogP contribution >= 0.6 is 0 Å². The van der Waals surface area contributed by atoms with Crippen LogP contribution in [0.1, 0.15) is 19.4 Å². The summed E-state index contributed by atoms with van der Waals surface area (Å²) in [6, 6.07) is 10.1. The average Bonchev–Trinajstić information content (AvgIpc) is 3.18. The Hall–Kier alpha value is -0.980. The molecule has 0 bridgehead atoms. The van der Waals surface area contributed by atoms with E-state index >= 15 is 0 Å². The van der Waals surface area contributed by atoms with Gasteiger partial charge in [0.25, 0.3) is 0 Å². The van der Waals surface area contributed by atoms with Gasteiger partial charge >= 0.3 is 0 Å². The quantitative estimate of drug-likeness (QED) is 0.793. The van der Waals surface area contributed by atoms with Gasteiger partial charge in [-0.2, -0.15) is 0 Å². The summed E-state index contributed by atoms with van der Waals surface area (Å²) in [4.78, 5) is 0. The van der Waals surface area contributed by atoms with Gasteiger partial charge in [-0.1, -0.05) is 30.3 Å². The number of benzene rings is 1. The van der Waals surface area contributed by atoms with Crippen LogP contribution in [0.25, 0.3) is 0 Å². The molecule has 0 aromatic heterocycles. The number of ether oxygens (including phenoxy) is 5. The summed E-state index contributed by atoms with van der Waals surface area (Å²) in [7, 11) is 0. The first-order valence-electron chi connectivity index (χ1n) is 7.41. The second kappa shape index (κ2) is 5.04. The molecule has 0 spiro atoms. The number of fused-ring (bicyclic) bond motifs is 1. The zero-order valence-corrected chi connectivity index (χ0v) is 12.2. The number of hydrogen-bond acceptors (Lipinski definition) is 5. The summed E-state index contributed by atoms with van der Waals surface area (Å²) in [5, 5.41) is 0. The zero-order chi connectivity index (χ0) is 14.4. The third kappa shape index (κ3) is 2.72. The maximum Gasteiger partial charge on any atom is 0.190 e. The first-order valence-corrected chi connectivity index (χ1v) is 7.41. The van der Waals surface area contributed by atoms with Gasteiger partial charge in [0.2, 0.25) is 0 Å². The molecule has 3 heterocycles. The lowest BCUT2D eigenvalue weighted by atomic mass is 10.1. The predicted molar refractivity (Wildman–Crippen MR) is 73.5 cm³/mol. The molecule has 0 aliphatic carbocycles. The third-order valence-electron chi connectivity index (χ3n) is 4.04. The van der Waals surface area contributed by atoms with Gasteiger partial charge in [-0.3, -0.25) is 0 Å². The fraction of sp³-hybridized carbons (Fsp3) is 0.625. The largest absolute Gasteiger partial charge is 0.370 e. The van der Waals surface area contributed by atoms with E-state index < -0.39 is 5.79 Å². The number of epoxide rings is 1. The topological polar surface area (TPSA) is 49.5 Å². The fourth-order valence-corrected chi connectivity index (χ4v) is 3.01. The lowest BCUT2D eigenvalue weighted by Crippen LogP contribution is -2.39. The minimum Gasteiger partial charge on any atom is -0.370 e. The molecule has 21 heavy (non-hydrogen) atoms. The SMILES string of the molecule is CC1(C)OC2OC(C3CO3)C(OCc3ccccc3)C2O1. The van der Waals surface area contributed by atoms with Crippen molar-refractivity contribution in [3.05, 3.63) is 35.9 Å². The highest BCUT2D eigenvalue weighted by atomic mass is 16.8. The van der Waals surface area contributed by atoms with Crippen molar-refractivity contribution in [2.45, 2.75) is 56.9 Å². The predicted octanol–water partition coefficient (Wildman–Crippen LogP) is 1.85. The highest BCUT2D eigenvalue weighted by Gasteiger charge is 2.59. The van der Waals surface area contributed by atoms with Gasteiger partial charge in [0.15, 0.2) is 12.1 Å². The highest BCUT2D eigenvalue weighted by Crippen LogP contribution is 2.42. The Labute approximate surface area is 124 Å². The Morgan fingerprint density at radius 2 is 1.90 bits per heavy atom. The van der Waals surface area contributed by atoms with Gasteiger partial charge in [-0.15, -0.1) is 0 Å². The standard InChI is InChI=1S/C16H20O5/c1-16(2)20-14-13(18-8-10-6-4-3-5-7-10)12(11-9-17-11)19-15(14)21-16/h3-7,11-15H,8-9H2,1-2H3. The van der Waals surface area contributed by atoms with Crippen LogP contribution in [0.5, 0.6) is 0 Å². The van der Waals surface area contributed by atoms with Crippen molar-refractivity contribution in [1.29, 1.82) is 0 Å². The van der Waals surface area contributed by atoms with Crippen molar-refractivity contribution < 1.29 is 23.7 Å². The molecule has 0 amide bonds. The van der Waals surface area contributed by atoms with Crippen LogP contribution in [0.4, 0.5) is 0 Å². The molecular formula is C16H20O5. The second-order valence-corrected chi connectivity index (χ2v) is 6.20. The van der Waals surface area contributed by atoms with Gasteiger partial charge in [-0.25, -0.2) is 0 Å². The normalized spacial score (nSPS) is 40.2. The highest BCUT2D eigenvalue weighted by molar-refractivity contribution is 5.13. The maximum absolute atomic E-state index is 6.10. The second-order valence-electron chi connectivity index (χ2n) is 6.20. The third-order valence-corrected chi connectivity index (χ3v) is 4.04. The lowest BCUT2D eigenvalue weighted by Gasteiger charge is -2.25. The van der Waals surface area contributed by atoms with Gasteiger partial charge in [0.05, 0.1) is 13.2 Å². The summed E-state index contributed by atoms with van der Waals surface area (Å²) in [6.45, 7) is 5.04. The minimum atomic E-state index is -0.626. The van der Waals surface area contributed by atoms with Crippen molar-refractivity contribution >= 4 is 0 Å². The van der Waals surface area contributed by atoms with E-state index in [1.54, 1.807) is 0 Å². The van der Waals surface area contributed by atoms with E-state index in [0.29, 0.717) is 6.61 Å².